The summed E-state index contributed by atoms with van der Waals surface area (Å²) in [6.45, 7) is 12.0. The van der Waals surface area contributed by atoms with Crippen LogP contribution in [0, 0.1) is 13.8 Å². The van der Waals surface area contributed by atoms with Gasteiger partial charge in [-0.2, -0.15) is 0 Å². The predicted molar refractivity (Wildman–Crippen MR) is 108 cm³/mol. The Kier molecular flexibility index (Phi) is 4.81. The van der Waals surface area contributed by atoms with Crippen LogP contribution in [0.25, 0.3) is 11.1 Å². The predicted octanol–water partition coefficient (Wildman–Crippen LogP) is 2.78. The Balaban J connectivity index is 1.43. The molecule has 1 saturated heterocycles. The van der Waals surface area contributed by atoms with E-state index in [-0.39, 0.29) is 0 Å². The number of anilines is 1. The smallest absolute Gasteiger partial charge is 0.209 e. The number of aryl methyl sites for hydroxylation is 1. The van der Waals surface area contributed by atoms with Gasteiger partial charge in [0.2, 0.25) is 5.89 Å². The Bertz CT molecular complexity index is 984. The number of rotatable bonds is 4. The highest BCUT2D eigenvalue weighted by Crippen LogP contribution is 2.26. The average molecular weight is 381 g/mol. The number of benzene rings is 1. The molecule has 1 fully saturated rings. The van der Waals surface area contributed by atoms with E-state index >= 15 is 0 Å². The number of aromatic nitrogens is 3. The third-order valence-corrected chi connectivity index (χ3v) is 5.48. The van der Waals surface area contributed by atoms with Gasteiger partial charge in [0.1, 0.15) is 17.7 Å². The van der Waals surface area contributed by atoms with Crippen molar-refractivity contribution in [3.8, 4) is 0 Å². The maximum absolute atomic E-state index is 10.2. The number of piperazine rings is 1. The normalized spacial score (nSPS) is 16.1. The van der Waals surface area contributed by atoms with Gasteiger partial charge in [0.25, 0.3) is 0 Å². The lowest BCUT2D eigenvalue weighted by Crippen LogP contribution is -2.46. The van der Waals surface area contributed by atoms with Crippen LogP contribution < -0.4 is 4.90 Å². The van der Waals surface area contributed by atoms with Crippen LogP contribution in [0.5, 0.6) is 0 Å². The van der Waals surface area contributed by atoms with Gasteiger partial charge in [-0.25, -0.2) is 15.0 Å². The first kappa shape index (κ1) is 18.8. The van der Waals surface area contributed by atoms with E-state index in [1.165, 1.54) is 0 Å². The van der Waals surface area contributed by atoms with Crippen LogP contribution in [0.3, 0.4) is 0 Å². The van der Waals surface area contributed by atoms with Gasteiger partial charge >= 0.3 is 0 Å². The number of aliphatic hydroxyl groups is 1. The summed E-state index contributed by atoms with van der Waals surface area (Å²) in [5.74, 6) is 1.75. The minimum absolute atomic E-state index is 0.683. The topological polar surface area (TPSA) is 78.5 Å². The molecule has 3 aromatic rings. The van der Waals surface area contributed by atoms with Crippen LogP contribution in [0.4, 0.5) is 5.82 Å². The molecule has 1 N–H and O–H groups in total. The molecule has 1 aromatic carbocycles. The van der Waals surface area contributed by atoms with Gasteiger partial charge in [-0.1, -0.05) is 6.07 Å². The lowest BCUT2D eigenvalue weighted by Gasteiger charge is -2.35. The van der Waals surface area contributed by atoms with Crippen molar-refractivity contribution in [1.29, 1.82) is 0 Å². The van der Waals surface area contributed by atoms with E-state index in [0.717, 1.165) is 59.9 Å². The van der Waals surface area contributed by atoms with Crippen molar-refractivity contribution in [3.63, 3.8) is 0 Å². The van der Waals surface area contributed by atoms with Crippen LogP contribution in [0.1, 0.15) is 36.6 Å². The summed E-state index contributed by atoms with van der Waals surface area (Å²) in [5.41, 5.74) is 3.66. The van der Waals surface area contributed by atoms with E-state index in [4.69, 9.17) is 4.42 Å². The fourth-order valence-corrected chi connectivity index (χ4v) is 3.57. The maximum atomic E-state index is 10.2. The van der Waals surface area contributed by atoms with Crippen LogP contribution in [0.2, 0.25) is 0 Å². The fourth-order valence-electron chi connectivity index (χ4n) is 3.57. The van der Waals surface area contributed by atoms with Crippen molar-refractivity contribution in [2.24, 2.45) is 0 Å². The molecular weight excluding hydrogens is 354 g/mol. The molecule has 0 spiro atoms. The lowest BCUT2D eigenvalue weighted by atomic mass is 9.98. The van der Waals surface area contributed by atoms with Crippen LogP contribution in [-0.2, 0) is 12.1 Å². The summed E-state index contributed by atoms with van der Waals surface area (Å²) in [7, 11) is 0. The number of fused-ring (bicyclic) bond motifs is 1. The second-order valence-corrected chi connectivity index (χ2v) is 8.02. The Morgan fingerprint density at radius 3 is 2.57 bits per heavy atom. The zero-order chi connectivity index (χ0) is 19.9. The van der Waals surface area contributed by atoms with Gasteiger partial charge in [0.05, 0.1) is 12.1 Å². The van der Waals surface area contributed by atoms with Crippen LogP contribution >= 0.6 is 0 Å². The molecule has 3 heterocycles. The lowest BCUT2D eigenvalue weighted by molar-refractivity contribution is 0.0786. The SMILES string of the molecule is Cc1ncnc(N2CCN(Cc3nc4ccc(C(C)(C)O)cc4o3)CC2)c1C. The largest absolute Gasteiger partial charge is 0.439 e. The second kappa shape index (κ2) is 7.14. The minimum atomic E-state index is -0.894. The van der Waals surface area contributed by atoms with Crippen molar-refractivity contribution in [3.05, 3.63) is 47.2 Å². The Morgan fingerprint density at radius 2 is 1.86 bits per heavy atom. The first-order valence-corrected chi connectivity index (χ1v) is 9.69. The van der Waals surface area contributed by atoms with Crippen molar-refractivity contribution >= 4 is 16.9 Å². The summed E-state index contributed by atoms with van der Waals surface area (Å²) in [5, 5.41) is 10.2. The van der Waals surface area contributed by atoms with E-state index in [1.54, 1.807) is 20.2 Å². The van der Waals surface area contributed by atoms with Crippen molar-refractivity contribution in [1.82, 2.24) is 19.9 Å². The summed E-state index contributed by atoms with van der Waals surface area (Å²) in [6, 6.07) is 5.69. The van der Waals surface area contributed by atoms with Crippen LogP contribution in [-0.4, -0.2) is 51.1 Å². The summed E-state index contributed by atoms with van der Waals surface area (Å²) >= 11 is 0. The number of nitrogens with zero attached hydrogens (tertiary/aromatic N) is 5. The first-order valence-electron chi connectivity index (χ1n) is 9.69. The molecule has 0 unspecified atom stereocenters. The molecule has 148 valence electrons. The zero-order valence-corrected chi connectivity index (χ0v) is 16.9. The van der Waals surface area contributed by atoms with E-state index in [0.29, 0.717) is 12.4 Å². The van der Waals surface area contributed by atoms with Crippen LogP contribution in [0.15, 0.2) is 28.9 Å². The Labute approximate surface area is 165 Å². The summed E-state index contributed by atoms with van der Waals surface area (Å²) < 4.78 is 5.95. The van der Waals surface area contributed by atoms with Crippen molar-refractivity contribution < 1.29 is 9.52 Å². The van der Waals surface area contributed by atoms with Crippen molar-refractivity contribution in [2.75, 3.05) is 31.1 Å². The molecule has 0 amide bonds. The average Bonchev–Trinajstić information content (AvgIpc) is 3.05. The van der Waals surface area contributed by atoms with E-state index < -0.39 is 5.60 Å². The summed E-state index contributed by atoms with van der Waals surface area (Å²) in [4.78, 5) is 18.0. The molecule has 1 aliphatic rings. The zero-order valence-electron chi connectivity index (χ0n) is 16.9. The maximum Gasteiger partial charge on any atom is 0.209 e. The molecule has 0 aliphatic carbocycles. The number of hydrogen-bond acceptors (Lipinski definition) is 7. The number of oxazole rings is 1. The highest BCUT2D eigenvalue weighted by molar-refractivity contribution is 5.73. The molecule has 0 saturated carbocycles. The standard InChI is InChI=1S/C21H27N5O2/c1-14-15(2)22-13-23-20(14)26-9-7-25(8-10-26)12-19-24-17-6-5-16(21(3,4)27)11-18(17)28-19/h5-6,11,13,27H,7-10,12H2,1-4H3. The third-order valence-electron chi connectivity index (χ3n) is 5.48. The third kappa shape index (κ3) is 3.72. The molecule has 4 rings (SSSR count). The fraction of sp³-hybridized carbons (Fsp3) is 0.476. The molecule has 7 heteroatoms. The Morgan fingerprint density at radius 1 is 1.11 bits per heavy atom. The van der Waals surface area contributed by atoms with Crippen molar-refractivity contribution in [2.45, 2.75) is 39.8 Å². The Hall–Kier alpha value is -2.51. The highest BCUT2D eigenvalue weighted by atomic mass is 16.3. The molecule has 28 heavy (non-hydrogen) atoms. The number of hydrogen-bond donors (Lipinski definition) is 1. The monoisotopic (exact) mass is 381 g/mol. The first-order chi connectivity index (χ1) is 13.3. The second-order valence-electron chi connectivity index (χ2n) is 8.02. The van der Waals surface area contributed by atoms with Gasteiger partial charge < -0.3 is 14.4 Å². The molecule has 0 bridgehead atoms. The molecule has 0 atom stereocenters. The molecule has 0 radical (unpaired) electrons. The van der Waals surface area contributed by atoms with E-state index in [2.05, 4.69) is 31.7 Å². The van der Waals surface area contributed by atoms with E-state index in [1.807, 2.05) is 25.1 Å². The van der Waals surface area contributed by atoms with Gasteiger partial charge in [-0.05, 0) is 45.4 Å². The molecular formula is C21H27N5O2. The van der Waals surface area contributed by atoms with Gasteiger partial charge in [0, 0.05) is 37.4 Å². The minimum Gasteiger partial charge on any atom is -0.439 e. The highest BCUT2D eigenvalue weighted by Gasteiger charge is 2.22. The quantitative estimate of drug-likeness (QED) is 0.744. The molecule has 1 aliphatic heterocycles. The van der Waals surface area contributed by atoms with E-state index in [9.17, 15) is 5.11 Å². The summed E-state index contributed by atoms with van der Waals surface area (Å²) in [6.07, 6.45) is 1.64. The molecule has 7 nitrogen and oxygen atoms in total. The van der Waals surface area contributed by atoms with Gasteiger partial charge in [-0.15, -0.1) is 0 Å². The van der Waals surface area contributed by atoms with Gasteiger partial charge in [-0.3, -0.25) is 4.90 Å². The molecule has 2 aromatic heterocycles. The van der Waals surface area contributed by atoms with Gasteiger partial charge in [0.15, 0.2) is 5.58 Å².